The highest BCUT2D eigenvalue weighted by Gasteiger charge is 2.09. The average molecular weight is 295 g/mol. The van der Waals surface area contributed by atoms with Crippen LogP contribution in [0, 0.1) is 0 Å². The molecule has 0 saturated heterocycles. The van der Waals surface area contributed by atoms with Gasteiger partial charge in [-0.1, -0.05) is 35.9 Å². The first-order valence-electron chi connectivity index (χ1n) is 5.72. The van der Waals surface area contributed by atoms with Gasteiger partial charge in [-0.2, -0.15) is 0 Å². The number of benzene rings is 1. The molecule has 0 aliphatic carbocycles. The van der Waals surface area contributed by atoms with Crippen LogP contribution in [0.2, 0.25) is 5.02 Å². The van der Waals surface area contributed by atoms with Gasteiger partial charge in [0.25, 0.3) is 5.91 Å². The topological polar surface area (TPSA) is 42.0 Å². The molecule has 0 bridgehead atoms. The molecule has 1 heterocycles. The molecule has 1 amide bonds. The largest absolute Gasteiger partial charge is 0.348 e. The summed E-state index contributed by atoms with van der Waals surface area (Å²) in [6.07, 6.45) is 2.99. The van der Waals surface area contributed by atoms with Crippen LogP contribution >= 0.6 is 23.2 Å². The minimum absolute atomic E-state index is 0.219. The van der Waals surface area contributed by atoms with Crippen molar-refractivity contribution in [1.82, 2.24) is 10.3 Å². The third-order valence-corrected chi connectivity index (χ3v) is 3.23. The number of aromatic nitrogens is 1. The van der Waals surface area contributed by atoms with Crippen molar-refractivity contribution in [3.63, 3.8) is 0 Å². The van der Waals surface area contributed by atoms with Crippen molar-refractivity contribution in [2.24, 2.45) is 0 Å². The van der Waals surface area contributed by atoms with E-state index in [2.05, 4.69) is 10.3 Å². The second kappa shape index (κ2) is 6.55. The summed E-state index contributed by atoms with van der Waals surface area (Å²) in [4.78, 5) is 15.8. The number of amides is 1. The van der Waals surface area contributed by atoms with E-state index in [0.717, 1.165) is 11.1 Å². The molecule has 0 radical (unpaired) electrons. The van der Waals surface area contributed by atoms with Gasteiger partial charge in [-0.3, -0.25) is 9.78 Å². The van der Waals surface area contributed by atoms with E-state index in [1.54, 1.807) is 6.07 Å². The Morgan fingerprint density at radius 3 is 2.79 bits per heavy atom. The van der Waals surface area contributed by atoms with Crippen molar-refractivity contribution >= 4 is 29.1 Å². The van der Waals surface area contributed by atoms with E-state index < -0.39 is 0 Å². The number of hydrogen-bond acceptors (Lipinski definition) is 2. The lowest BCUT2D eigenvalue weighted by Crippen LogP contribution is -2.23. The Hall–Kier alpha value is -1.58. The summed E-state index contributed by atoms with van der Waals surface area (Å²) in [5.74, 6) is 0.238. The van der Waals surface area contributed by atoms with E-state index in [0.29, 0.717) is 23.0 Å². The van der Waals surface area contributed by atoms with Crippen LogP contribution in [-0.4, -0.2) is 10.9 Å². The highest BCUT2D eigenvalue weighted by molar-refractivity contribution is 6.33. The van der Waals surface area contributed by atoms with Gasteiger partial charge in [-0.15, -0.1) is 11.6 Å². The van der Waals surface area contributed by atoms with Gasteiger partial charge in [0.2, 0.25) is 0 Å². The van der Waals surface area contributed by atoms with E-state index in [-0.39, 0.29) is 5.91 Å². The molecule has 19 heavy (non-hydrogen) atoms. The fraction of sp³-hybridized carbons (Fsp3) is 0.143. The van der Waals surface area contributed by atoms with Gasteiger partial charge in [-0.25, -0.2) is 0 Å². The van der Waals surface area contributed by atoms with Crippen LogP contribution in [0.1, 0.15) is 21.5 Å². The lowest BCUT2D eigenvalue weighted by atomic mass is 10.1. The molecule has 1 N–H and O–H groups in total. The third kappa shape index (κ3) is 3.69. The van der Waals surface area contributed by atoms with Crippen molar-refractivity contribution < 1.29 is 4.79 Å². The number of nitrogens with zero attached hydrogens (tertiary/aromatic N) is 1. The molecular formula is C14H12Cl2N2O. The molecule has 0 aliphatic heterocycles. The molecular weight excluding hydrogens is 283 g/mol. The van der Waals surface area contributed by atoms with Crippen molar-refractivity contribution in [1.29, 1.82) is 0 Å². The maximum atomic E-state index is 11.9. The highest BCUT2D eigenvalue weighted by Crippen LogP contribution is 2.13. The highest BCUT2D eigenvalue weighted by atomic mass is 35.5. The number of pyridine rings is 1. The first kappa shape index (κ1) is 13.8. The van der Waals surface area contributed by atoms with Crippen LogP contribution in [0.4, 0.5) is 0 Å². The zero-order valence-electron chi connectivity index (χ0n) is 10.1. The first-order valence-corrected chi connectivity index (χ1v) is 6.63. The van der Waals surface area contributed by atoms with Crippen molar-refractivity contribution in [3.8, 4) is 0 Å². The standard InChI is InChI=1S/C14H12Cl2N2O/c15-7-10-2-1-3-11(6-10)8-18-14(19)12-4-5-17-9-13(12)16/h1-6,9H,7-8H2,(H,18,19). The summed E-state index contributed by atoms with van der Waals surface area (Å²) in [7, 11) is 0. The molecule has 2 aromatic rings. The number of halogens is 2. The Morgan fingerprint density at radius 1 is 1.26 bits per heavy atom. The van der Waals surface area contributed by atoms with E-state index >= 15 is 0 Å². The second-order valence-electron chi connectivity index (χ2n) is 3.99. The van der Waals surface area contributed by atoms with Crippen LogP contribution in [0.5, 0.6) is 0 Å². The molecule has 2 rings (SSSR count). The zero-order chi connectivity index (χ0) is 13.7. The molecule has 0 fully saturated rings. The second-order valence-corrected chi connectivity index (χ2v) is 4.67. The van der Waals surface area contributed by atoms with Gasteiger partial charge >= 0.3 is 0 Å². The summed E-state index contributed by atoms with van der Waals surface area (Å²) < 4.78 is 0. The van der Waals surface area contributed by atoms with E-state index in [1.165, 1.54) is 12.4 Å². The molecule has 1 aromatic carbocycles. The average Bonchev–Trinajstić information content (AvgIpc) is 2.45. The van der Waals surface area contributed by atoms with Crippen molar-refractivity contribution in [2.75, 3.05) is 0 Å². The van der Waals surface area contributed by atoms with E-state index in [4.69, 9.17) is 23.2 Å². The van der Waals surface area contributed by atoms with Gasteiger partial charge in [0.05, 0.1) is 10.6 Å². The number of alkyl halides is 1. The predicted octanol–water partition coefficient (Wildman–Crippen LogP) is 3.40. The van der Waals surface area contributed by atoms with Crippen LogP contribution in [0.15, 0.2) is 42.7 Å². The molecule has 0 aliphatic rings. The quantitative estimate of drug-likeness (QED) is 0.878. The fourth-order valence-corrected chi connectivity index (χ4v) is 2.03. The van der Waals surface area contributed by atoms with Gasteiger partial charge in [0, 0.05) is 24.8 Å². The van der Waals surface area contributed by atoms with Gasteiger partial charge in [0.15, 0.2) is 0 Å². The molecule has 98 valence electrons. The van der Waals surface area contributed by atoms with Gasteiger partial charge in [-0.05, 0) is 17.2 Å². The number of hydrogen-bond donors (Lipinski definition) is 1. The van der Waals surface area contributed by atoms with Crippen molar-refractivity contribution in [3.05, 3.63) is 64.4 Å². The Balaban J connectivity index is 2.02. The Morgan fingerprint density at radius 2 is 2.05 bits per heavy atom. The number of carbonyl (C=O) groups is 1. The summed E-state index contributed by atoms with van der Waals surface area (Å²) in [5.41, 5.74) is 2.44. The fourth-order valence-electron chi connectivity index (χ4n) is 1.66. The molecule has 0 atom stereocenters. The van der Waals surface area contributed by atoms with E-state index in [1.807, 2.05) is 24.3 Å². The lowest BCUT2D eigenvalue weighted by molar-refractivity contribution is 0.0951. The number of carbonyl (C=O) groups excluding carboxylic acids is 1. The molecule has 1 aromatic heterocycles. The minimum atomic E-state index is -0.219. The Bertz CT molecular complexity index is 587. The number of rotatable bonds is 4. The predicted molar refractivity (Wildman–Crippen MR) is 76.4 cm³/mol. The van der Waals surface area contributed by atoms with E-state index in [9.17, 15) is 4.79 Å². The minimum Gasteiger partial charge on any atom is -0.348 e. The summed E-state index contributed by atoms with van der Waals surface area (Å²) >= 11 is 11.7. The molecule has 3 nitrogen and oxygen atoms in total. The number of nitrogens with one attached hydrogen (secondary N) is 1. The maximum Gasteiger partial charge on any atom is 0.253 e. The molecule has 0 unspecified atom stereocenters. The molecule has 5 heteroatoms. The lowest BCUT2D eigenvalue weighted by Gasteiger charge is -2.07. The summed E-state index contributed by atoms with van der Waals surface area (Å²) in [5, 5.41) is 3.16. The van der Waals surface area contributed by atoms with Crippen LogP contribution in [-0.2, 0) is 12.4 Å². The zero-order valence-corrected chi connectivity index (χ0v) is 11.6. The smallest absolute Gasteiger partial charge is 0.253 e. The van der Waals surface area contributed by atoms with Gasteiger partial charge < -0.3 is 5.32 Å². The SMILES string of the molecule is O=C(NCc1cccc(CCl)c1)c1ccncc1Cl. The van der Waals surface area contributed by atoms with Crippen LogP contribution in [0.3, 0.4) is 0 Å². The molecule has 0 spiro atoms. The maximum absolute atomic E-state index is 11.9. The van der Waals surface area contributed by atoms with Crippen LogP contribution in [0.25, 0.3) is 0 Å². The normalized spacial score (nSPS) is 10.2. The first-order chi connectivity index (χ1) is 9.20. The summed E-state index contributed by atoms with van der Waals surface area (Å²) in [6.45, 7) is 0.433. The van der Waals surface area contributed by atoms with Crippen LogP contribution < -0.4 is 5.32 Å². The summed E-state index contributed by atoms with van der Waals surface area (Å²) in [6, 6.07) is 9.34. The van der Waals surface area contributed by atoms with Crippen molar-refractivity contribution in [2.45, 2.75) is 12.4 Å². The Labute approximate surface area is 121 Å². The Kier molecular flexibility index (Phi) is 4.77. The third-order valence-electron chi connectivity index (χ3n) is 2.62. The monoisotopic (exact) mass is 294 g/mol. The van der Waals surface area contributed by atoms with Gasteiger partial charge in [0.1, 0.15) is 0 Å². The molecule has 0 saturated carbocycles.